The number of hydrazine groups is 1. The van der Waals surface area contributed by atoms with Crippen LogP contribution in [0.25, 0.3) is 0 Å². The minimum Gasteiger partial charge on any atom is -0.328 e. The highest BCUT2D eigenvalue weighted by Crippen LogP contribution is 2.46. The summed E-state index contributed by atoms with van der Waals surface area (Å²) in [5.41, 5.74) is 7.13. The van der Waals surface area contributed by atoms with Crippen LogP contribution < -0.4 is 16.2 Å². The van der Waals surface area contributed by atoms with Crippen molar-refractivity contribution in [2.24, 2.45) is 23.7 Å². The van der Waals surface area contributed by atoms with E-state index in [0.717, 1.165) is 45.7 Å². The lowest BCUT2D eigenvalue weighted by Gasteiger charge is -2.47. The van der Waals surface area contributed by atoms with E-state index in [1.807, 2.05) is 11.1 Å². The lowest BCUT2D eigenvalue weighted by Crippen LogP contribution is -2.55. The maximum atomic E-state index is 14.3. The molecule has 39 heavy (non-hydrogen) atoms. The molecule has 0 aromatic carbocycles. The molecule has 5 heterocycles. The summed E-state index contributed by atoms with van der Waals surface area (Å²) in [6, 6.07) is 0.0610. The number of hydrogen-bond donors (Lipinski definition) is 3. The molecular weight excluding hydrogens is 503 g/mol. The zero-order valence-corrected chi connectivity index (χ0v) is 23.3. The molecule has 1 saturated carbocycles. The van der Waals surface area contributed by atoms with Crippen molar-refractivity contribution < 1.29 is 13.2 Å². The average molecular weight is 548 g/mol. The van der Waals surface area contributed by atoms with Crippen molar-refractivity contribution in [1.29, 1.82) is 0 Å². The van der Waals surface area contributed by atoms with E-state index in [1.165, 1.54) is 31.8 Å². The molecule has 10 heteroatoms. The van der Waals surface area contributed by atoms with Crippen LogP contribution in [0, 0.1) is 23.7 Å². The zero-order chi connectivity index (χ0) is 27.3. The molecule has 6 rings (SSSR count). The van der Waals surface area contributed by atoms with Gasteiger partial charge in [0.1, 0.15) is 5.82 Å². The summed E-state index contributed by atoms with van der Waals surface area (Å²) in [6.07, 6.45) is 7.82. The smallest absolute Gasteiger partial charge is 0.328 e. The van der Waals surface area contributed by atoms with E-state index in [2.05, 4.69) is 46.5 Å². The number of allylic oxidation sites excluding steroid dienone is 1. The maximum Gasteiger partial charge on any atom is 0.418 e. The number of hydrogen-bond acceptors (Lipinski definition) is 7. The first-order chi connectivity index (χ1) is 18.7. The topological polar surface area (TPSA) is 49.1 Å². The van der Waals surface area contributed by atoms with Gasteiger partial charge in [0.15, 0.2) is 0 Å². The third-order valence-electron chi connectivity index (χ3n) is 9.86. The number of rotatable bonds is 6. The molecule has 6 aliphatic rings. The molecule has 0 amide bonds. The van der Waals surface area contributed by atoms with Gasteiger partial charge in [0.05, 0.1) is 24.1 Å². The third-order valence-corrected chi connectivity index (χ3v) is 9.86. The van der Waals surface area contributed by atoms with Gasteiger partial charge in [-0.25, -0.2) is 10.9 Å². The summed E-state index contributed by atoms with van der Waals surface area (Å²) >= 11 is 0. The first-order valence-electron chi connectivity index (χ1n) is 14.8. The molecule has 5 unspecified atom stereocenters. The minimum atomic E-state index is -4.43. The summed E-state index contributed by atoms with van der Waals surface area (Å²) in [4.78, 5) is 8.33. The first-order valence-corrected chi connectivity index (χ1v) is 14.8. The highest BCUT2D eigenvalue weighted by Gasteiger charge is 2.47. The van der Waals surface area contributed by atoms with Gasteiger partial charge in [0.25, 0.3) is 0 Å². The van der Waals surface area contributed by atoms with Gasteiger partial charge in [-0.15, -0.1) is 0 Å². The van der Waals surface area contributed by atoms with E-state index in [4.69, 9.17) is 0 Å². The molecule has 7 nitrogen and oxygen atoms in total. The Morgan fingerprint density at radius 3 is 2.59 bits per heavy atom. The largest absolute Gasteiger partial charge is 0.418 e. The van der Waals surface area contributed by atoms with Crippen molar-refractivity contribution in [3.8, 4) is 0 Å². The molecular formula is C29H44F3N7. The predicted molar refractivity (Wildman–Crippen MR) is 146 cm³/mol. The molecule has 3 N–H and O–H groups in total. The van der Waals surface area contributed by atoms with Gasteiger partial charge in [0.2, 0.25) is 0 Å². The van der Waals surface area contributed by atoms with Gasteiger partial charge in [-0.1, -0.05) is 32.8 Å². The standard InChI is InChI=1S/C29H44F3N7/c1-19-6-5-9-37(14-19)15-21-10-25(29(30,31)32)26-17-38(20(2)39(26)16-21)24-11-23(12-33-13-24)27(22-7-4-8-22)28-35-34-18-36(28)3/h10,16-17,19,22-24,27-28,33-35H,2,4-9,11-15,18H2,1,3H3. The molecule has 0 aromatic rings. The fourth-order valence-electron chi connectivity index (χ4n) is 7.71. The summed E-state index contributed by atoms with van der Waals surface area (Å²) in [5.74, 6) is 2.80. The van der Waals surface area contributed by atoms with Crippen LogP contribution in [0.4, 0.5) is 13.2 Å². The van der Waals surface area contributed by atoms with Crippen LogP contribution in [0.3, 0.4) is 0 Å². The van der Waals surface area contributed by atoms with Gasteiger partial charge < -0.3 is 15.1 Å². The minimum absolute atomic E-state index is 0.0610. The van der Waals surface area contributed by atoms with E-state index in [0.29, 0.717) is 41.6 Å². The van der Waals surface area contributed by atoms with Crippen molar-refractivity contribution >= 4 is 0 Å². The Hall–Kier alpha value is -1.85. The second kappa shape index (κ2) is 10.9. The summed E-state index contributed by atoms with van der Waals surface area (Å²) in [5, 5.41) is 3.64. The van der Waals surface area contributed by atoms with Gasteiger partial charge in [-0.05, 0) is 74.7 Å². The molecule has 4 fully saturated rings. The van der Waals surface area contributed by atoms with Crippen LogP contribution in [0.5, 0.6) is 0 Å². The Labute approximate surface area is 230 Å². The quantitative estimate of drug-likeness (QED) is 0.468. The fraction of sp³-hybridized carbons (Fsp3) is 0.724. The average Bonchev–Trinajstić information content (AvgIpc) is 3.43. The first kappa shape index (κ1) is 27.3. The van der Waals surface area contributed by atoms with Crippen molar-refractivity contribution in [3.05, 3.63) is 47.7 Å². The number of piperidine rings is 2. The number of likely N-dealkylation sites (tertiary alicyclic amines) is 1. The molecule has 3 saturated heterocycles. The number of nitrogens with one attached hydrogen (secondary N) is 3. The van der Waals surface area contributed by atoms with Crippen molar-refractivity contribution in [3.63, 3.8) is 0 Å². The van der Waals surface area contributed by atoms with E-state index in [-0.39, 0.29) is 17.9 Å². The highest BCUT2D eigenvalue weighted by atomic mass is 19.4. The Kier molecular flexibility index (Phi) is 7.60. The molecule has 0 radical (unpaired) electrons. The molecule has 0 aromatic heterocycles. The number of alkyl halides is 3. The lowest BCUT2D eigenvalue weighted by atomic mass is 9.67. The van der Waals surface area contributed by atoms with Crippen molar-refractivity contribution in [2.75, 3.05) is 46.4 Å². The normalized spacial score (nSPS) is 34.0. The van der Waals surface area contributed by atoms with Gasteiger partial charge >= 0.3 is 6.18 Å². The van der Waals surface area contributed by atoms with Crippen LogP contribution in [0.1, 0.15) is 45.4 Å². The summed E-state index contributed by atoms with van der Waals surface area (Å²) < 4.78 is 43.0. The Morgan fingerprint density at radius 2 is 1.92 bits per heavy atom. The van der Waals surface area contributed by atoms with Crippen LogP contribution in [-0.4, -0.2) is 84.4 Å². The van der Waals surface area contributed by atoms with Crippen LogP contribution >= 0.6 is 0 Å². The van der Waals surface area contributed by atoms with Gasteiger partial charge in [-0.2, -0.15) is 13.2 Å². The SMILES string of the molecule is C=C1N2C=C(CN3CCCC(C)C3)C=C(C(F)(F)F)C2=CN1C1CNCC(C(C2CCC2)C2NNCN2C)C1. The molecule has 216 valence electrons. The van der Waals surface area contributed by atoms with E-state index < -0.39 is 11.7 Å². The molecule has 5 atom stereocenters. The maximum absolute atomic E-state index is 14.3. The van der Waals surface area contributed by atoms with Crippen molar-refractivity contribution in [2.45, 2.75) is 63.8 Å². The highest BCUT2D eigenvalue weighted by molar-refractivity contribution is 5.49. The third kappa shape index (κ3) is 5.43. The van der Waals surface area contributed by atoms with Gasteiger partial charge in [0, 0.05) is 38.1 Å². The second-order valence-electron chi connectivity index (χ2n) is 12.7. The number of fused-ring (bicyclic) bond motifs is 1. The lowest BCUT2D eigenvalue weighted by molar-refractivity contribution is -0.0909. The Balaban J connectivity index is 1.22. The molecule has 0 bridgehead atoms. The fourth-order valence-corrected chi connectivity index (χ4v) is 7.71. The van der Waals surface area contributed by atoms with E-state index in [1.54, 1.807) is 11.1 Å². The van der Waals surface area contributed by atoms with Crippen LogP contribution in [0.15, 0.2) is 47.7 Å². The Morgan fingerprint density at radius 1 is 1.10 bits per heavy atom. The summed E-state index contributed by atoms with van der Waals surface area (Å²) in [7, 11) is 2.15. The predicted octanol–water partition coefficient (Wildman–Crippen LogP) is 3.75. The van der Waals surface area contributed by atoms with Crippen molar-refractivity contribution in [1.82, 2.24) is 35.8 Å². The molecule has 1 aliphatic carbocycles. The monoisotopic (exact) mass is 547 g/mol. The van der Waals surface area contributed by atoms with Crippen LogP contribution in [-0.2, 0) is 0 Å². The van der Waals surface area contributed by atoms with E-state index in [9.17, 15) is 13.2 Å². The summed E-state index contributed by atoms with van der Waals surface area (Å²) in [6.45, 7) is 11.4. The molecule has 5 aliphatic heterocycles. The van der Waals surface area contributed by atoms with Crippen LogP contribution in [0.2, 0.25) is 0 Å². The van der Waals surface area contributed by atoms with Gasteiger partial charge in [-0.3, -0.25) is 9.80 Å². The molecule has 0 spiro atoms. The van der Waals surface area contributed by atoms with E-state index >= 15 is 0 Å². The number of halogens is 3. The Bertz CT molecular complexity index is 1030. The zero-order valence-electron chi connectivity index (χ0n) is 23.3. The second-order valence-corrected chi connectivity index (χ2v) is 12.7. The number of nitrogens with zero attached hydrogens (tertiary/aromatic N) is 4.